The van der Waals surface area contributed by atoms with Crippen molar-refractivity contribution in [3.8, 4) is 5.69 Å². The van der Waals surface area contributed by atoms with Gasteiger partial charge in [0.2, 0.25) is 0 Å². The minimum atomic E-state index is -2.65. The summed E-state index contributed by atoms with van der Waals surface area (Å²) < 4.78 is 43.5. The van der Waals surface area contributed by atoms with Crippen LogP contribution in [0, 0.1) is 18.2 Å². The van der Waals surface area contributed by atoms with Crippen molar-refractivity contribution in [1.29, 1.82) is 0 Å². The van der Waals surface area contributed by atoms with Crippen molar-refractivity contribution in [3.05, 3.63) is 64.1 Å². The van der Waals surface area contributed by atoms with Gasteiger partial charge in [0.15, 0.2) is 5.82 Å². The summed E-state index contributed by atoms with van der Waals surface area (Å²) in [6.45, 7) is 4.20. The predicted octanol–water partition coefficient (Wildman–Crippen LogP) is 4.87. The van der Waals surface area contributed by atoms with Gasteiger partial charge in [-0.2, -0.15) is 0 Å². The van der Waals surface area contributed by atoms with Gasteiger partial charge in [-0.3, -0.25) is 9.47 Å². The highest BCUT2D eigenvalue weighted by molar-refractivity contribution is 6.30. The van der Waals surface area contributed by atoms with E-state index in [4.69, 9.17) is 11.6 Å². The van der Waals surface area contributed by atoms with E-state index < -0.39 is 12.0 Å². The number of pyridine rings is 1. The van der Waals surface area contributed by atoms with Gasteiger partial charge in [-0.05, 0) is 55.7 Å². The number of fused-ring (bicyclic) bond motifs is 3. The summed E-state index contributed by atoms with van der Waals surface area (Å²) in [5, 5.41) is 9.60. The molecule has 35 heavy (non-hydrogen) atoms. The third-order valence-corrected chi connectivity index (χ3v) is 8.33. The summed E-state index contributed by atoms with van der Waals surface area (Å²) >= 11 is 6.28. The maximum absolute atomic E-state index is 13.9. The first-order valence-electron chi connectivity index (χ1n) is 11.9. The average molecular weight is 501 g/mol. The summed E-state index contributed by atoms with van der Waals surface area (Å²) in [5.74, 6) is -0.272. The largest absolute Gasteiger partial charge is 0.355 e. The van der Waals surface area contributed by atoms with Crippen molar-refractivity contribution < 1.29 is 13.2 Å². The predicted molar refractivity (Wildman–Crippen MR) is 125 cm³/mol. The van der Waals surface area contributed by atoms with Crippen molar-refractivity contribution >= 4 is 17.4 Å². The van der Waals surface area contributed by atoms with Gasteiger partial charge >= 0.3 is 0 Å². The van der Waals surface area contributed by atoms with Gasteiger partial charge in [0.05, 0.1) is 24.0 Å². The number of anilines is 1. The lowest BCUT2D eigenvalue weighted by atomic mass is 9.57. The van der Waals surface area contributed by atoms with E-state index in [0.29, 0.717) is 29.6 Å². The molecule has 0 amide bonds. The third-order valence-electron chi connectivity index (χ3n) is 8.10. The van der Waals surface area contributed by atoms with E-state index >= 15 is 0 Å². The summed E-state index contributed by atoms with van der Waals surface area (Å²) in [4.78, 5) is 8.37. The Morgan fingerprint density at radius 1 is 1.03 bits per heavy atom. The van der Waals surface area contributed by atoms with Gasteiger partial charge in [-0.15, -0.1) is 10.2 Å². The Morgan fingerprint density at radius 2 is 1.80 bits per heavy atom. The van der Waals surface area contributed by atoms with Gasteiger partial charge in [0.1, 0.15) is 17.5 Å². The first-order chi connectivity index (χ1) is 16.7. The molecule has 4 aliphatic rings. The molecule has 3 fully saturated rings. The molecule has 1 spiro atoms. The van der Waals surface area contributed by atoms with Crippen LogP contribution in [0.4, 0.5) is 19.0 Å². The Morgan fingerprint density at radius 3 is 2.51 bits per heavy atom. The standard InChI is InChI=1S/C25H24ClF3N6/c1-14-18(27)3-5-21(30-14)34-12-24(13-34)7-16(8-24)23-32-31-22-11-33(20-9-25(20,28)29)10-15-6-17(26)2-4-19(15)35(22)23/h2-6,16,20H,7-13H2,1H3. The maximum atomic E-state index is 13.9. The van der Waals surface area contributed by atoms with Crippen LogP contribution in [0.5, 0.6) is 0 Å². The van der Waals surface area contributed by atoms with Gasteiger partial charge in [-0.25, -0.2) is 18.2 Å². The number of nitrogens with zero attached hydrogens (tertiary/aromatic N) is 6. The van der Waals surface area contributed by atoms with Gasteiger partial charge in [-0.1, -0.05) is 11.6 Å². The number of aryl methyl sites for hydroxylation is 1. The van der Waals surface area contributed by atoms with Crippen LogP contribution in [0.3, 0.4) is 0 Å². The van der Waals surface area contributed by atoms with E-state index in [1.165, 1.54) is 6.07 Å². The van der Waals surface area contributed by atoms with Gasteiger partial charge in [0.25, 0.3) is 5.92 Å². The number of benzene rings is 1. The molecule has 182 valence electrons. The normalized spacial score (nSPS) is 24.4. The van der Waals surface area contributed by atoms with Crippen LogP contribution in [0.15, 0.2) is 30.3 Å². The molecule has 0 bridgehead atoms. The average Bonchev–Trinajstić information content (AvgIpc) is 3.27. The molecule has 0 radical (unpaired) electrons. The quantitative estimate of drug-likeness (QED) is 0.513. The molecular formula is C25H24ClF3N6. The second-order valence-electron chi connectivity index (χ2n) is 10.7. The fourth-order valence-corrected chi connectivity index (χ4v) is 6.38. The van der Waals surface area contributed by atoms with Crippen molar-refractivity contribution in [2.24, 2.45) is 5.41 Å². The Kier molecular flexibility index (Phi) is 4.44. The van der Waals surface area contributed by atoms with E-state index in [0.717, 1.165) is 48.8 Å². The zero-order valence-electron chi connectivity index (χ0n) is 19.2. The SMILES string of the molecule is Cc1nc(N2CC3(CC(c4nnc5n4-c4ccc(Cl)cc4CN(C4CC4(F)F)C5)C3)C2)ccc1F. The third kappa shape index (κ3) is 3.38. The molecule has 1 saturated heterocycles. The topological polar surface area (TPSA) is 50.1 Å². The fraction of sp³-hybridized carbons (Fsp3) is 0.480. The molecule has 3 aromatic rings. The summed E-state index contributed by atoms with van der Waals surface area (Å²) in [7, 11) is 0. The Labute approximate surface area is 205 Å². The van der Waals surface area contributed by atoms with Crippen LogP contribution in [-0.4, -0.2) is 49.7 Å². The molecule has 2 aliphatic heterocycles. The summed E-state index contributed by atoms with van der Waals surface area (Å²) in [6.07, 6.45) is 1.85. The smallest absolute Gasteiger partial charge is 0.265 e. The molecule has 1 aromatic carbocycles. The maximum Gasteiger partial charge on any atom is 0.265 e. The Bertz CT molecular complexity index is 1340. The zero-order valence-corrected chi connectivity index (χ0v) is 19.9. The highest BCUT2D eigenvalue weighted by Gasteiger charge is 2.60. The lowest BCUT2D eigenvalue weighted by molar-refractivity contribution is 0.0579. The molecule has 1 unspecified atom stereocenters. The molecule has 6 nitrogen and oxygen atoms in total. The second-order valence-corrected chi connectivity index (χ2v) is 11.1. The number of alkyl halides is 2. The van der Waals surface area contributed by atoms with E-state index in [9.17, 15) is 13.2 Å². The van der Waals surface area contributed by atoms with Crippen LogP contribution in [0.1, 0.15) is 48.1 Å². The highest BCUT2D eigenvalue weighted by atomic mass is 35.5. The van der Waals surface area contributed by atoms with Crippen molar-refractivity contribution in [1.82, 2.24) is 24.6 Å². The molecule has 0 N–H and O–H groups in total. The number of hydrogen-bond donors (Lipinski definition) is 0. The monoisotopic (exact) mass is 500 g/mol. The Balaban J connectivity index is 1.13. The number of rotatable bonds is 3. The van der Waals surface area contributed by atoms with Crippen LogP contribution >= 0.6 is 11.6 Å². The van der Waals surface area contributed by atoms with Crippen molar-refractivity contribution in [2.45, 2.75) is 57.2 Å². The van der Waals surface area contributed by atoms with E-state index in [-0.39, 0.29) is 23.6 Å². The molecule has 1 atom stereocenters. The van der Waals surface area contributed by atoms with Crippen LogP contribution in [0.2, 0.25) is 5.02 Å². The molecule has 4 heterocycles. The zero-order chi connectivity index (χ0) is 24.1. The van der Waals surface area contributed by atoms with E-state index in [1.807, 2.05) is 18.2 Å². The van der Waals surface area contributed by atoms with E-state index in [1.54, 1.807) is 17.9 Å². The van der Waals surface area contributed by atoms with E-state index in [2.05, 4.69) is 24.6 Å². The molecule has 10 heteroatoms. The number of hydrogen-bond acceptors (Lipinski definition) is 5. The highest BCUT2D eigenvalue weighted by Crippen LogP contribution is 2.57. The Hall–Kier alpha value is -2.65. The van der Waals surface area contributed by atoms with Gasteiger partial charge in [0, 0.05) is 42.4 Å². The van der Waals surface area contributed by atoms with Crippen LogP contribution < -0.4 is 4.90 Å². The number of halogens is 4. The summed E-state index contributed by atoms with van der Waals surface area (Å²) in [5.41, 5.74) is 2.47. The first kappa shape index (κ1) is 21.6. The van der Waals surface area contributed by atoms with Crippen LogP contribution in [0.25, 0.3) is 5.69 Å². The molecule has 2 aromatic heterocycles. The summed E-state index contributed by atoms with van der Waals surface area (Å²) in [6, 6.07) is 8.09. The lowest BCUT2D eigenvalue weighted by Crippen LogP contribution is -2.62. The lowest BCUT2D eigenvalue weighted by Gasteiger charge is -2.59. The molecule has 2 saturated carbocycles. The minimum absolute atomic E-state index is 0.117. The molecule has 7 rings (SSSR count). The van der Waals surface area contributed by atoms with Crippen molar-refractivity contribution in [2.75, 3.05) is 18.0 Å². The number of aromatic nitrogens is 4. The van der Waals surface area contributed by atoms with Crippen molar-refractivity contribution in [3.63, 3.8) is 0 Å². The fourth-order valence-electron chi connectivity index (χ4n) is 6.19. The first-order valence-corrected chi connectivity index (χ1v) is 12.3. The van der Waals surface area contributed by atoms with Crippen LogP contribution in [-0.2, 0) is 13.1 Å². The molecular weight excluding hydrogens is 477 g/mol. The second kappa shape index (κ2) is 7.20. The molecule has 2 aliphatic carbocycles. The minimum Gasteiger partial charge on any atom is -0.355 e. The van der Waals surface area contributed by atoms with Gasteiger partial charge < -0.3 is 4.90 Å².